The van der Waals surface area contributed by atoms with E-state index >= 15 is 0 Å². The predicted octanol–water partition coefficient (Wildman–Crippen LogP) is 2.48. The second-order valence-electron chi connectivity index (χ2n) is 4.66. The lowest BCUT2D eigenvalue weighted by Crippen LogP contribution is -2.04. The molecule has 0 aliphatic carbocycles. The molecule has 0 amide bonds. The number of methoxy groups -OCH3 is 1. The third kappa shape index (κ3) is 3.50. The van der Waals surface area contributed by atoms with Crippen LogP contribution in [0.1, 0.15) is 41.8 Å². The summed E-state index contributed by atoms with van der Waals surface area (Å²) in [5.74, 6) is 0.593. The summed E-state index contributed by atoms with van der Waals surface area (Å²) in [4.78, 5) is 15.4. The molecule has 1 heterocycles. The van der Waals surface area contributed by atoms with Gasteiger partial charge in [0, 0.05) is 5.92 Å². The van der Waals surface area contributed by atoms with Crippen molar-refractivity contribution >= 4 is 5.97 Å². The highest BCUT2D eigenvalue weighted by Gasteiger charge is 2.15. The van der Waals surface area contributed by atoms with Gasteiger partial charge in [0.25, 0.3) is 5.89 Å². The molecule has 0 fully saturated rings. The molecule has 0 bridgehead atoms. The van der Waals surface area contributed by atoms with E-state index in [4.69, 9.17) is 14.0 Å². The van der Waals surface area contributed by atoms with Gasteiger partial charge in [-0.3, -0.25) is 0 Å². The molecule has 0 aliphatic heterocycles. The number of benzene rings is 1. The number of ether oxygens (including phenoxy) is 2. The summed E-state index contributed by atoms with van der Waals surface area (Å²) in [5.41, 5.74) is 0.0120. The van der Waals surface area contributed by atoms with Crippen molar-refractivity contribution in [1.29, 1.82) is 0 Å². The average Bonchev–Trinajstić information content (AvgIpc) is 2.94. The van der Waals surface area contributed by atoms with Gasteiger partial charge in [0.05, 0.1) is 7.11 Å². The Kier molecular flexibility index (Phi) is 4.42. The minimum absolute atomic E-state index is 0.00628. The normalized spacial score (nSPS) is 10.7. The Morgan fingerprint density at radius 1 is 1.43 bits per heavy atom. The highest BCUT2D eigenvalue weighted by Crippen LogP contribution is 2.25. The molecule has 0 radical (unpaired) electrons. The number of nitrogens with zero attached hydrogens (tertiary/aromatic N) is 2. The summed E-state index contributed by atoms with van der Waals surface area (Å²) in [5, 5.41) is 13.0. The van der Waals surface area contributed by atoms with E-state index in [1.165, 1.54) is 19.2 Å². The summed E-state index contributed by atoms with van der Waals surface area (Å²) < 4.78 is 15.5. The van der Waals surface area contributed by atoms with Crippen molar-refractivity contribution in [2.45, 2.75) is 26.4 Å². The van der Waals surface area contributed by atoms with Crippen LogP contribution in [0.15, 0.2) is 22.7 Å². The first-order chi connectivity index (χ1) is 10.0. The van der Waals surface area contributed by atoms with E-state index in [1.54, 1.807) is 6.07 Å². The Morgan fingerprint density at radius 2 is 2.19 bits per heavy atom. The zero-order chi connectivity index (χ0) is 15.4. The Bertz CT molecular complexity index is 636. The smallest absolute Gasteiger partial charge is 0.339 e. The fourth-order valence-electron chi connectivity index (χ4n) is 1.63. The third-order valence-electron chi connectivity index (χ3n) is 2.77. The van der Waals surface area contributed by atoms with E-state index in [9.17, 15) is 9.90 Å². The minimum Gasteiger partial charge on any atom is -0.497 e. The maximum absolute atomic E-state index is 11.2. The maximum atomic E-state index is 11.2. The number of carbonyl (C=O) groups is 1. The second kappa shape index (κ2) is 6.25. The van der Waals surface area contributed by atoms with Crippen molar-refractivity contribution in [3.05, 3.63) is 35.5 Å². The van der Waals surface area contributed by atoms with Crippen molar-refractivity contribution < 1.29 is 23.9 Å². The predicted molar refractivity (Wildman–Crippen MR) is 72.7 cm³/mol. The van der Waals surface area contributed by atoms with Crippen LogP contribution in [-0.2, 0) is 6.61 Å². The molecule has 1 aromatic carbocycles. The van der Waals surface area contributed by atoms with E-state index in [2.05, 4.69) is 10.1 Å². The van der Waals surface area contributed by atoms with Gasteiger partial charge >= 0.3 is 5.97 Å². The first-order valence-electron chi connectivity index (χ1n) is 6.38. The van der Waals surface area contributed by atoms with Crippen molar-refractivity contribution in [1.82, 2.24) is 10.1 Å². The van der Waals surface area contributed by atoms with E-state index < -0.39 is 5.97 Å². The molecule has 2 aromatic rings. The van der Waals surface area contributed by atoms with Crippen molar-refractivity contribution in [3.63, 3.8) is 0 Å². The highest BCUT2D eigenvalue weighted by molar-refractivity contribution is 5.91. The van der Waals surface area contributed by atoms with Gasteiger partial charge in [-0.25, -0.2) is 4.79 Å². The highest BCUT2D eigenvalue weighted by atomic mass is 16.5. The van der Waals surface area contributed by atoms with Gasteiger partial charge in [-0.15, -0.1) is 0 Å². The van der Waals surface area contributed by atoms with Crippen molar-refractivity contribution in [2.75, 3.05) is 7.11 Å². The molecule has 0 saturated carbocycles. The van der Waals surface area contributed by atoms with Crippen molar-refractivity contribution in [2.24, 2.45) is 0 Å². The molecule has 21 heavy (non-hydrogen) atoms. The molecular weight excluding hydrogens is 276 g/mol. The van der Waals surface area contributed by atoms with E-state index in [0.717, 1.165) is 0 Å². The number of hydrogen-bond donors (Lipinski definition) is 1. The summed E-state index contributed by atoms with van der Waals surface area (Å²) in [7, 11) is 1.47. The molecular formula is C14H16N2O5. The van der Waals surface area contributed by atoms with E-state index in [1.807, 2.05) is 13.8 Å². The van der Waals surface area contributed by atoms with Crippen LogP contribution in [0, 0.1) is 0 Å². The van der Waals surface area contributed by atoms with Gasteiger partial charge in [-0.1, -0.05) is 19.0 Å². The minimum atomic E-state index is -1.10. The molecule has 0 atom stereocenters. The number of aromatic nitrogens is 2. The van der Waals surface area contributed by atoms with Gasteiger partial charge < -0.3 is 19.1 Å². The maximum Gasteiger partial charge on any atom is 0.339 e. The Balaban J connectivity index is 2.13. The lowest BCUT2D eigenvalue weighted by atomic mass is 10.2. The Labute approximate surface area is 121 Å². The van der Waals surface area contributed by atoms with Crippen LogP contribution < -0.4 is 9.47 Å². The van der Waals surface area contributed by atoms with Crippen LogP contribution in [0.5, 0.6) is 11.5 Å². The standard InChI is InChI=1S/C14H16N2O5/c1-8(2)13-15-12(21-16-13)7-20-11-5-4-9(19-3)6-10(11)14(17)18/h4-6,8H,7H2,1-3H3,(H,17,18). The van der Waals surface area contributed by atoms with E-state index in [-0.39, 0.29) is 23.8 Å². The molecule has 112 valence electrons. The lowest BCUT2D eigenvalue weighted by molar-refractivity contribution is 0.0690. The van der Waals surface area contributed by atoms with Crippen LogP contribution in [0.3, 0.4) is 0 Å². The second-order valence-corrected chi connectivity index (χ2v) is 4.66. The van der Waals surface area contributed by atoms with Crippen LogP contribution >= 0.6 is 0 Å². The molecule has 0 saturated heterocycles. The van der Waals surface area contributed by atoms with Crippen LogP contribution in [0.4, 0.5) is 0 Å². The zero-order valence-electron chi connectivity index (χ0n) is 12.0. The molecule has 1 N–H and O–H groups in total. The van der Waals surface area contributed by atoms with Crippen LogP contribution in [0.2, 0.25) is 0 Å². The lowest BCUT2D eigenvalue weighted by Gasteiger charge is -2.08. The summed E-state index contributed by atoms with van der Waals surface area (Å²) in [6.45, 7) is 3.90. The summed E-state index contributed by atoms with van der Waals surface area (Å²) in [6, 6.07) is 4.54. The molecule has 0 unspecified atom stereocenters. The van der Waals surface area contributed by atoms with Crippen LogP contribution in [-0.4, -0.2) is 28.3 Å². The number of carboxylic acid groups (broad SMARTS) is 1. The SMILES string of the molecule is COc1ccc(OCc2nc(C(C)C)no2)c(C(=O)O)c1. The summed E-state index contributed by atoms with van der Waals surface area (Å²) in [6.07, 6.45) is 0. The fraction of sp³-hybridized carbons (Fsp3) is 0.357. The third-order valence-corrected chi connectivity index (χ3v) is 2.77. The van der Waals surface area contributed by atoms with Crippen LogP contribution in [0.25, 0.3) is 0 Å². The Hall–Kier alpha value is -2.57. The summed E-state index contributed by atoms with van der Waals surface area (Å²) >= 11 is 0. The van der Waals surface area contributed by atoms with Gasteiger partial charge in [0.15, 0.2) is 12.4 Å². The zero-order valence-corrected chi connectivity index (χ0v) is 12.0. The van der Waals surface area contributed by atoms with Gasteiger partial charge in [-0.05, 0) is 18.2 Å². The average molecular weight is 292 g/mol. The number of aromatic carboxylic acids is 1. The molecule has 7 heteroatoms. The quantitative estimate of drug-likeness (QED) is 0.873. The van der Waals surface area contributed by atoms with Gasteiger partial charge in [0.2, 0.25) is 0 Å². The topological polar surface area (TPSA) is 94.7 Å². The Morgan fingerprint density at radius 3 is 2.76 bits per heavy atom. The van der Waals surface area contributed by atoms with Crippen molar-refractivity contribution in [3.8, 4) is 11.5 Å². The monoisotopic (exact) mass is 292 g/mol. The van der Waals surface area contributed by atoms with Gasteiger partial charge in [0.1, 0.15) is 17.1 Å². The number of hydrogen-bond acceptors (Lipinski definition) is 6. The first-order valence-corrected chi connectivity index (χ1v) is 6.38. The molecule has 0 spiro atoms. The molecule has 2 rings (SSSR count). The first kappa shape index (κ1) is 14.8. The molecule has 1 aromatic heterocycles. The molecule has 7 nitrogen and oxygen atoms in total. The number of rotatable bonds is 6. The molecule has 0 aliphatic rings. The largest absolute Gasteiger partial charge is 0.497 e. The van der Waals surface area contributed by atoms with Gasteiger partial charge in [-0.2, -0.15) is 4.98 Å². The fourth-order valence-corrected chi connectivity index (χ4v) is 1.63. The number of carboxylic acids is 1. The van der Waals surface area contributed by atoms with E-state index in [0.29, 0.717) is 17.5 Å².